The molecular formula is C20H21N3O3S. The number of anilines is 1. The van der Waals surface area contributed by atoms with E-state index in [2.05, 4.69) is 15.3 Å². The third-order valence-corrected chi connectivity index (χ3v) is 5.13. The maximum absolute atomic E-state index is 12.6. The van der Waals surface area contributed by atoms with Gasteiger partial charge in [0, 0.05) is 22.2 Å². The second-order valence-electron chi connectivity index (χ2n) is 6.38. The van der Waals surface area contributed by atoms with E-state index in [0.29, 0.717) is 27.6 Å². The smallest absolute Gasteiger partial charge is 0.274 e. The van der Waals surface area contributed by atoms with Crippen LogP contribution in [0.4, 0.5) is 5.13 Å². The topological polar surface area (TPSA) is 84.1 Å². The fraction of sp³-hybridized carbons (Fsp3) is 0.250. The van der Waals surface area contributed by atoms with Gasteiger partial charge in [-0.15, -0.1) is 11.3 Å². The quantitative estimate of drug-likeness (QED) is 0.634. The maximum Gasteiger partial charge on any atom is 0.274 e. The fourth-order valence-corrected chi connectivity index (χ4v) is 3.85. The van der Waals surface area contributed by atoms with Gasteiger partial charge in [-0.3, -0.25) is 14.9 Å². The van der Waals surface area contributed by atoms with E-state index in [1.807, 2.05) is 30.5 Å². The Morgan fingerprint density at radius 3 is 2.59 bits per heavy atom. The molecule has 3 rings (SSSR count). The number of amides is 1. The highest BCUT2D eigenvalue weighted by atomic mass is 32.1. The number of carbonyl (C=O) groups excluding carboxylic acids is 2. The van der Waals surface area contributed by atoms with E-state index in [-0.39, 0.29) is 11.7 Å². The monoisotopic (exact) mass is 383 g/mol. The molecule has 0 radical (unpaired) electrons. The van der Waals surface area contributed by atoms with Gasteiger partial charge in [-0.25, -0.2) is 4.98 Å². The Morgan fingerprint density at radius 1 is 1.22 bits per heavy atom. The van der Waals surface area contributed by atoms with Crippen molar-refractivity contribution in [2.45, 2.75) is 27.7 Å². The van der Waals surface area contributed by atoms with Gasteiger partial charge in [0.2, 0.25) is 0 Å². The minimum absolute atomic E-state index is 0.0663. The first-order valence-electron chi connectivity index (χ1n) is 8.43. The van der Waals surface area contributed by atoms with Crippen LogP contribution in [0.25, 0.3) is 11.3 Å². The van der Waals surface area contributed by atoms with Crippen molar-refractivity contribution in [2.75, 3.05) is 12.4 Å². The summed E-state index contributed by atoms with van der Waals surface area (Å²) in [5, 5.41) is 5.16. The SMILES string of the molecule is COc1ccc(C)cc1-c1csc(NC(=O)c2[nH]c(C)c(C(C)=O)c2C)n1. The third-order valence-electron chi connectivity index (χ3n) is 4.37. The first kappa shape index (κ1) is 18.8. The molecule has 27 heavy (non-hydrogen) atoms. The predicted octanol–water partition coefficient (Wildman–Crippen LogP) is 4.53. The van der Waals surface area contributed by atoms with Crippen molar-refractivity contribution in [3.63, 3.8) is 0 Å². The second kappa shape index (κ2) is 7.36. The molecule has 6 nitrogen and oxygen atoms in total. The van der Waals surface area contributed by atoms with Gasteiger partial charge in [0.1, 0.15) is 11.4 Å². The number of hydrogen-bond acceptors (Lipinski definition) is 5. The Bertz CT molecular complexity index is 1030. The van der Waals surface area contributed by atoms with Gasteiger partial charge in [-0.1, -0.05) is 11.6 Å². The zero-order chi connectivity index (χ0) is 19.7. The van der Waals surface area contributed by atoms with Gasteiger partial charge in [-0.2, -0.15) is 0 Å². The normalized spacial score (nSPS) is 10.7. The summed E-state index contributed by atoms with van der Waals surface area (Å²) in [6.07, 6.45) is 0. The van der Waals surface area contributed by atoms with Crippen LogP contribution in [0.2, 0.25) is 0 Å². The molecule has 0 saturated heterocycles. The first-order valence-corrected chi connectivity index (χ1v) is 9.31. The number of benzene rings is 1. The summed E-state index contributed by atoms with van der Waals surface area (Å²) in [6, 6.07) is 5.87. The summed E-state index contributed by atoms with van der Waals surface area (Å²) in [5.74, 6) is 0.342. The van der Waals surface area contributed by atoms with E-state index in [0.717, 1.165) is 22.6 Å². The van der Waals surface area contributed by atoms with Crippen molar-refractivity contribution < 1.29 is 14.3 Å². The van der Waals surface area contributed by atoms with E-state index in [1.165, 1.54) is 18.3 Å². The average molecular weight is 383 g/mol. The number of ketones is 1. The lowest BCUT2D eigenvalue weighted by atomic mass is 10.1. The van der Waals surface area contributed by atoms with Crippen LogP contribution in [0.1, 0.15) is 44.6 Å². The largest absolute Gasteiger partial charge is 0.496 e. The summed E-state index contributed by atoms with van der Waals surface area (Å²) in [5.41, 5.74) is 4.98. The molecule has 0 unspecified atom stereocenters. The number of hydrogen-bond donors (Lipinski definition) is 2. The Balaban J connectivity index is 1.87. The molecule has 2 aromatic heterocycles. The van der Waals surface area contributed by atoms with E-state index >= 15 is 0 Å². The molecule has 0 saturated carbocycles. The number of carbonyl (C=O) groups is 2. The molecule has 1 amide bonds. The zero-order valence-corrected chi connectivity index (χ0v) is 16.7. The number of Topliss-reactive ketones (excluding diaryl/α,β-unsaturated/α-hetero) is 1. The van der Waals surface area contributed by atoms with Crippen molar-refractivity contribution >= 4 is 28.2 Å². The first-order chi connectivity index (χ1) is 12.8. The number of H-pyrrole nitrogens is 1. The van der Waals surface area contributed by atoms with Crippen molar-refractivity contribution in [3.05, 3.63) is 51.7 Å². The number of aromatic nitrogens is 2. The lowest BCUT2D eigenvalue weighted by Crippen LogP contribution is -2.13. The van der Waals surface area contributed by atoms with Crippen LogP contribution in [-0.2, 0) is 0 Å². The molecule has 0 aliphatic rings. The van der Waals surface area contributed by atoms with E-state index < -0.39 is 0 Å². The molecule has 0 bridgehead atoms. The summed E-state index contributed by atoms with van der Waals surface area (Å²) in [7, 11) is 1.62. The highest BCUT2D eigenvalue weighted by Gasteiger charge is 2.21. The minimum Gasteiger partial charge on any atom is -0.496 e. The number of nitrogens with one attached hydrogen (secondary N) is 2. The molecule has 1 aromatic carbocycles. The zero-order valence-electron chi connectivity index (χ0n) is 15.9. The van der Waals surface area contributed by atoms with Crippen molar-refractivity contribution in [2.24, 2.45) is 0 Å². The number of ether oxygens (including phenoxy) is 1. The summed E-state index contributed by atoms with van der Waals surface area (Å²) < 4.78 is 5.41. The van der Waals surface area contributed by atoms with Gasteiger partial charge in [0.15, 0.2) is 10.9 Å². The minimum atomic E-state index is -0.319. The summed E-state index contributed by atoms with van der Waals surface area (Å²) in [4.78, 5) is 31.9. The highest BCUT2D eigenvalue weighted by Crippen LogP contribution is 2.33. The number of aromatic amines is 1. The number of nitrogens with zero attached hydrogens (tertiary/aromatic N) is 1. The molecule has 3 aromatic rings. The van der Waals surface area contributed by atoms with Crippen LogP contribution in [-0.4, -0.2) is 28.8 Å². The Kier molecular flexibility index (Phi) is 5.14. The van der Waals surface area contributed by atoms with Crippen LogP contribution in [0, 0.1) is 20.8 Å². The Hall–Kier alpha value is -2.93. The van der Waals surface area contributed by atoms with Crippen LogP contribution in [0.15, 0.2) is 23.6 Å². The molecular weight excluding hydrogens is 362 g/mol. The molecule has 2 N–H and O–H groups in total. The molecule has 0 atom stereocenters. The molecule has 0 spiro atoms. The number of methoxy groups -OCH3 is 1. The highest BCUT2D eigenvalue weighted by molar-refractivity contribution is 7.14. The van der Waals surface area contributed by atoms with Gasteiger partial charge < -0.3 is 9.72 Å². The second-order valence-corrected chi connectivity index (χ2v) is 7.24. The van der Waals surface area contributed by atoms with Crippen LogP contribution in [0.5, 0.6) is 5.75 Å². The molecule has 140 valence electrons. The predicted molar refractivity (Wildman–Crippen MR) is 107 cm³/mol. The van der Waals surface area contributed by atoms with Gasteiger partial charge in [0.05, 0.1) is 12.8 Å². The van der Waals surface area contributed by atoms with Crippen LogP contribution >= 0.6 is 11.3 Å². The fourth-order valence-electron chi connectivity index (χ4n) is 3.14. The van der Waals surface area contributed by atoms with Crippen molar-refractivity contribution in [1.29, 1.82) is 0 Å². The summed E-state index contributed by atoms with van der Waals surface area (Å²) in [6.45, 7) is 7.04. The number of aryl methyl sites for hydroxylation is 2. The molecule has 2 heterocycles. The Labute approximate surface area is 161 Å². The summed E-state index contributed by atoms with van der Waals surface area (Å²) >= 11 is 1.34. The van der Waals surface area contributed by atoms with Gasteiger partial charge >= 0.3 is 0 Å². The maximum atomic E-state index is 12.6. The van der Waals surface area contributed by atoms with E-state index in [1.54, 1.807) is 21.0 Å². The van der Waals surface area contributed by atoms with Crippen molar-refractivity contribution in [1.82, 2.24) is 9.97 Å². The Morgan fingerprint density at radius 2 is 1.96 bits per heavy atom. The van der Waals surface area contributed by atoms with E-state index in [9.17, 15) is 9.59 Å². The number of thiazole rings is 1. The third kappa shape index (κ3) is 3.64. The van der Waals surface area contributed by atoms with Gasteiger partial charge in [0.25, 0.3) is 5.91 Å². The van der Waals surface area contributed by atoms with Crippen molar-refractivity contribution in [3.8, 4) is 17.0 Å². The van der Waals surface area contributed by atoms with E-state index in [4.69, 9.17) is 4.74 Å². The van der Waals surface area contributed by atoms with Gasteiger partial charge in [-0.05, 0) is 45.4 Å². The average Bonchev–Trinajstić information content (AvgIpc) is 3.18. The lowest BCUT2D eigenvalue weighted by Gasteiger charge is -2.07. The molecule has 0 aliphatic carbocycles. The van der Waals surface area contributed by atoms with Crippen LogP contribution < -0.4 is 10.1 Å². The number of rotatable bonds is 5. The molecule has 0 aliphatic heterocycles. The molecule has 0 fully saturated rings. The lowest BCUT2D eigenvalue weighted by molar-refractivity contribution is 0.101. The standard InChI is InChI=1S/C20H21N3O3S/c1-10-6-7-16(26-5)14(8-10)15-9-27-20(22-15)23-19(25)18-11(2)17(13(4)24)12(3)21-18/h6-9,21H,1-5H3,(H,22,23,25). The molecule has 7 heteroatoms. The van der Waals surface area contributed by atoms with Crippen LogP contribution in [0.3, 0.4) is 0 Å².